The number of nitrogens with zero attached hydrogens (tertiary/aromatic N) is 1. The molecule has 98 valence electrons. The number of carbonyl (C=O) groups is 2. The van der Waals surface area contributed by atoms with Gasteiger partial charge in [-0.15, -0.1) is 0 Å². The second-order valence-corrected chi connectivity index (χ2v) is 3.75. The molecule has 0 saturated heterocycles. The quantitative estimate of drug-likeness (QED) is 0.528. The Hall–Kier alpha value is -1.52. The molecule has 0 saturated carbocycles. The third-order valence-electron chi connectivity index (χ3n) is 2.12. The highest BCUT2D eigenvalue weighted by Crippen LogP contribution is 2.01. The molecule has 0 aromatic rings. The van der Waals surface area contributed by atoms with Crippen LogP contribution in [0.5, 0.6) is 0 Å². The van der Waals surface area contributed by atoms with Crippen LogP contribution in [0.3, 0.4) is 0 Å². The zero-order chi connectivity index (χ0) is 13.4. The number of carbonyl (C=O) groups excluding carboxylic acids is 2. The van der Waals surface area contributed by atoms with Crippen LogP contribution in [-0.4, -0.2) is 42.8 Å². The second kappa shape index (κ2) is 7.70. The minimum atomic E-state index is -0.476. The minimum Gasteiger partial charge on any atom is -0.458 e. The topological polar surface area (TPSA) is 55.8 Å². The van der Waals surface area contributed by atoms with Crippen LogP contribution in [0.15, 0.2) is 12.2 Å². The number of hydrogen-bond donors (Lipinski definition) is 0. The molecule has 0 spiro atoms. The summed E-state index contributed by atoms with van der Waals surface area (Å²) in [6.45, 7) is 11.7. The normalized spacial score (nSPS) is 11.5. The summed E-state index contributed by atoms with van der Waals surface area (Å²) in [5, 5.41) is 0. The van der Waals surface area contributed by atoms with Crippen LogP contribution in [0, 0.1) is 0 Å². The van der Waals surface area contributed by atoms with Crippen LogP contribution >= 0.6 is 0 Å². The molecule has 0 fully saturated rings. The van der Waals surface area contributed by atoms with Gasteiger partial charge in [-0.25, -0.2) is 9.59 Å². The molecular formula is C12H21NO4. The van der Waals surface area contributed by atoms with Crippen LogP contribution in [0.2, 0.25) is 0 Å². The van der Waals surface area contributed by atoms with Crippen molar-refractivity contribution in [3.8, 4) is 0 Å². The molecule has 0 aromatic carbocycles. The summed E-state index contributed by atoms with van der Waals surface area (Å²) < 4.78 is 9.98. The Labute approximate surface area is 102 Å². The lowest BCUT2D eigenvalue weighted by atomic mass is 10.3. The maximum absolute atomic E-state index is 11.5. The van der Waals surface area contributed by atoms with Crippen LogP contribution < -0.4 is 0 Å². The van der Waals surface area contributed by atoms with Crippen molar-refractivity contribution in [3.05, 3.63) is 12.2 Å². The van der Waals surface area contributed by atoms with Gasteiger partial charge in [0.2, 0.25) is 0 Å². The summed E-state index contributed by atoms with van der Waals surface area (Å²) in [5.74, 6) is -0.476. The molecule has 0 bridgehead atoms. The minimum absolute atomic E-state index is 0.0404. The molecule has 17 heavy (non-hydrogen) atoms. The number of esters is 1. The zero-order valence-electron chi connectivity index (χ0n) is 11.0. The highest BCUT2D eigenvalue weighted by atomic mass is 16.6. The Morgan fingerprint density at radius 2 is 1.82 bits per heavy atom. The fourth-order valence-corrected chi connectivity index (χ4v) is 1.08. The van der Waals surface area contributed by atoms with Crippen molar-refractivity contribution in [3.63, 3.8) is 0 Å². The molecule has 5 heteroatoms. The van der Waals surface area contributed by atoms with Gasteiger partial charge >= 0.3 is 12.1 Å². The van der Waals surface area contributed by atoms with Crippen molar-refractivity contribution in [2.75, 3.05) is 19.7 Å². The zero-order valence-corrected chi connectivity index (χ0v) is 11.0. The Kier molecular flexibility index (Phi) is 7.02. The van der Waals surface area contributed by atoms with Gasteiger partial charge in [0.05, 0.1) is 0 Å². The molecular weight excluding hydrogens is 222 g/mol. The van der Waals surface area contributed by atoms with E-state index in [-0.39, 0.29) is 6.61 Å². The standard InChI is InChI=1S/C12H21NO4/c1-6-13(7-2)12(15)17-10(5)8-16-11(14)9(3)4/h10H,3,6-8H2,1-2,4-5H3. The van der Waals surface area contributed by atoms with E-state index < -0.39 is 18.2 Å². The molecule has 5 nitrogen and oxygen atoms in total. The molecule has 0 aliphatic heterocycles. The first kappa shape index (κ1) is 15.5. The molecule has 0 rings (SSSR count). The van der Waals surface area contributed by atoms with Gasteiger partial charge in [-0.1, -0.05) is 6.58 Å². The maximum atomic E-state index is 11.5. The molecule has 0 aromatic heterocycles. The van der Waals surface area contributed by atoms with E-state index in [9.17, 15) is 9.59 Å². The second-order valence-electron chi connectivity index (χ2n) is 3.75. The van der Waals surface area contributed by atoms with E-state index in [1.54, 1.807) is 18.7 Å². The van der Waals surface area contributed by atoms with Gasteiger partial charge < -0.3 is 14.4 Å². The first-order valence-corrected chi connectivity index (χ1v) is 5.70. The third-order valence-corrected chi connectivity index (χ3v) is 2.12. The maximum Gasteiger partial charge on any atom is 0.410 e. The largest absolute Gasteiger partial charge is 0.458 e. The van der Waals surface area contributed by atoms with E-state index in [4.69, 9.17) is 9.47 Å². The molecule has 0 N–H and O–H groups in total. The highest BCUT2D eigenvalue weighted by molar-refractivity contribution is 5.86. The van der Waals surface area contributed by atoms with Crippen molar-refractivity contribution in [1.29, 1.82) is 0 Å². The highest BCUT2D eigenvalue weighted by Gasteiger charge is 2.16. The molecule has 1 unspecified atom stereocenters. The Morgan fingerprint density at radius 1 is 1.29 bits per heavy atom. The van der Waals surface area contributed by atoms with Crippen molar-refractivity contribution in [2.45, 2.75) is 33.8 Å². The van der Waals surface area contributed by atoms with Crippen molar-refractivity contribution >= 4 is 12.1 Å². The van der Waals surface area contributed by atoms with E-state index in [1.165, 1.54) is 0 Å². The summed E-state index contributed by atoms with van der Waals surface area (Å²) in [6, 6.07) is 0. The molecule has 0 aliphatic rings. The lowest BCUT2D eigenvalue weighted by Crippen LogP contribution is -2.34. The van der Waals surface area contributed by atoms with Gasteiger partial charge in [0.15, 0.2) is 0 Å². The summed E-state index contributed by atoms with van der Waals surface area (Å²) in [4.78, 5) is 24.2. The van der Waals surface area contributed by atoms with E-state index in [0.717, 1.165) is 0 Å². The third kappa shape index (κ3) is 5.94. The van der Waals surface area contributed by atoms with Gasteiger partial charge in [0, 0.05) is 18.7 Å². The predicted molar refractivity (Wildman–Crippen MR) is 64.6 cm³/mol. The predicted octanol–water partition coefficient (Wildman–Crippen LogP) is 1.97. The first-order valence-electron chi connectivity index (χ1n) is 5.70. The summed E-state index contributed by atoms with van der Waals surface area (Å²) in [5.41, 5.74) is 0.326. The molecule has 0 radical (unpaired) electrons. The van der Waals surface area contributed by atoms with Crippen molar-refractivity contribution in [1.82, 2.24) is 4.90 Å². The van der Waals surface area contributed by atoms with Gasteiger partial charge in [0.1, 0.15) is 12.7 Å². The van der Waals surface area contributed by atoms with Crippen LogP contribution in [-0.2, 0) is 14.3 Å². The van der Waals surface area contributed by atoms with E-state index in [2.05, 4.69) is 6.58 Å². The van der Waals surface area contributed by atoms with E-state index >= 15 is 0 Å². The monoisotopic (exact) mass is 243 g/mol. The smallest absolute Gasteiger partial charge is 0.410 e. The Morgan fingerprint density at radius 3 is 2.24 bits per heavy atom. The number of ether oxygens (including phenoxy) is 2. The Balaban J connectivity index is 4.01. The van der Waals surface area contributed by atoms with Crippen LogP contribution in [0.25, 0.3) is 0 Å². The van der Waals surface area contributed by atoms with E-state index in [1.807, 2.05) is 13.8 Å². The van der Waals surface area contributed by atoms with Crippen molar-refractivity contribution in [2.24, 2.45) is 0 Å². The lowest BCUT2D eigenvalue weighted by molar-refractivity contribution is -0.141. The number of hydrogen-bond acceptors (Lipinski definition) is 4. The van der Waals surface area contributed by atoms with Crippen LogP contribution in [0.1, 0.15) is 27.7 Å². The van der Waals surface area contributed by atoms with Crippen LogP contribution in [0.4, 0.5) is 4.79 Å². The lowest BCUT2D eigenvalue weighted by Gasteiger charge is -2.21. The molecule has 1 amide bonds. The first-order chi connectivity index (χ1) is 7.92. The summed E-state index contributed by atoms with van der Waals surface area (Å²) in [7, 11) is 0. The molecule has 1 atom stereocenters. The average molecular weight is 243 g/mol. The van der Waals surface area contributed by atoms with Crippen molar-refractivity contribution < 1.29 is 19.1 Å². The summed E-state index contributed by atoms with van der Waals surface area (Å²) >= 11 is 0. The fraction of sp³-hybridized carbons (Fsp3) is 0.667. The number of rotatable bonds is 6. The van der Waals surface area contributed by atoms with Gasteiger partial charge in [-0.05, 0) is 27.7 Å². The molecule has 0 aliphatic carbocycles. The molecule has 0 heterocycles. The van der Waals surface area contributed by atoms with Gasteiger partial charge in [0.25, 0.3) is 0 Å². The SMILES string of the molecule is C=C(C)C(=O)OCC(C)OC(=O)N(CC)CC. The summed E-state index contributed by atoms with van der Waals surface area (Å²) in [6.07, 6.45) is -0.861. The fourth-order valence-electron chi connectivity index (χ4n) is 1.08. The van der Waals surface area contributed by atoms with E-state index in [0.29, 0.717) is 18.7 Å². The van der Waals surface area contributed by atoms with Gasteiger partial charge in [-0.2, -0.15) is 0 Å². The Bertz CT molecular complexity index is 284. The average Bonchev–Trinajstić information content (AvgIpc) is 2.27. The number of amides is 1. The van der Waals surface area contributed by atoms with Gasteiger partial charge in [-0.3, -0.25) is 0 Å².